The Hall–Kier alpha value is 1.11. The Morgan fingerprint density at radius 2 is 2.00 bits per heavy atom. The Labute approximate surface area is 76.5 Å². The number of epoxide rings is 1. The summed E-state index contributed by atoms with van der Waals surface area (Å²) in [5.74, 6) is -0.817. The van der Waals surface area contributed by atoms with Gasteiger partial charge in [-0.2, -0.15) is 0 Å². The maximum atomic E-state index is 10.2. The molecule has 0 aromatic rings. The third kappa shape index (κ3) is 2.68. The zero-order valence-electron chi connectivity index (χ0n) is 6.31. The first kappa shape index (κ1) is 10.1. The number of hydrogen-bond acceptors (Lipinski definition) is 2. The van der Waals surface area contributed by atoms with Crippen molar-refractivity contribution in [1.82, 2.24) is 0 Å². The molecular weight excluding hydrogens is 154 g/mol. The van der Waals surface area contributed by atoms with Crippen molar-refractivity contribution in [1.29, 1.82) is 0 Å². The molecular formula is C3H8NaO4P. The molecule has 0 aromatic carbocycles. The van der Waals surface area contributed by atoms with Gasteiger partial charge in [0.1, 0.15) is 0 Å². The van der Waals surface area contributed by atoms with Crippen molar-refractivity contribution in [2.24, 2.45) is 0 Å². The molecule has 1 heterocycles. The van der Waals surface area contributed by atoms with Crippen LogP contribution in [0.1, 0.15) is 8.35 Å². The molecule has 2 N–H and O–H groups in total. The van der Waals surface area contributed by atoms with Crippen LogP contribution in [-0.2, 0) is 9.30 Å². The molecule has 0 amide bonds. The molecule has 0 aliphatic carbocycles. The van der Waals surface area contributed by atoms with Gasteiger partial charge in [0, 0.05) is 0 Å². The van der Waals surface area contributed by atoms with Gasteiger partial charge < -0.3 is 16.0 Å². The summed E-state index contributed by atoms with van der Waals surface area (Å²) in [6.45, 7) is 1.63. The van der Waals surface area contributed by atoms with Crippen LogP contribution in [0.5, 0.6) is 0 Å². The van der Waals surface area contributed by atoms with Crippen LogP contribution in [0.3, 0.4) is 0 Å². The monoisotopic (exact) mass is 162 g/mol. The largest absolute Gasteiger partial charge is 1.00 e. The van der Waals surface area contributed by atoms with Crippen molar-refractivity contribution in [3.05, 3.63) is 0 Å². The molecule has 50 valence electrons. The van der Waals surface area contributed by atoms with Crippen LogP contribution < -0.4 is 29.6 Å². The van der Waals surface area contributed by atoms with E-state index in [1.165, 1.54) is 0 Å². The number of ether oxygens (including phenoxy) is 1. The number of hydrogen-bond donors (Lipinski definition) is 2. The minimum absolute atomic E-state index is 0. The van der Waals surface area contributed by atoms with Crippen molar-refractivity contribution < 1.29 is 50.1 Å². The predicted molar refractivity (Wildman–Crippen MR) is 27.5 cm³/mol. The summed E-state index contributed by atoms with van der Waals surface area (Å²) in [5, 5.41) is 0. The van der Waals surface area contributed by atoms with Crippen LogP contribution in [0, 0.1) is 0 Å². The molecule has 1 fully saturated rings. The maximum absolute atomic E-state index is 10.2. The third-order valence-corrected chi connectivity index (χ3v) is 2.22. The average Bonchev–Trinajstić information content (AvgIpc) is 2.13. The summed E-state index contributed by atoms with van der Waals surface area (Å²) in [4.78, 5) is 16.6. The fraction of sp³-hybridized carbons (Fsp3) is 1.00. The molecule has 4 nitrogen and oxygen atoms in total. The fourth-order valence-electron chi connectivity index (χ4n) is 0.527. The molecule has 0 unspecified atom stereocenters. The van der Waals surface area contributed by atoms with Gasteiger partial charge in [0.25, 0.3) is 0 Å². The second-order valence-corrected chi connectivity index (χ2v) is 3.51. The SMILES string of the molecule is C[C@@H]1O[C@@H]1P(=O)(O)O.[H-].[Na+]. The van der Waals surface area contributed by atoms with Crippen LogP contribution in [0.4, 0.5) is 0 Å². The van der Waals surface area contributed by atoms with Crippen molar-refractivity contribution >= 4 is 7.60 Å². The molecule has 6 heteroatoms. The quantitative estimate of drug-likeness (QED) is 0.245. The molecule has 1 rings (SSSR count). The molecule has 0 spiro atoms. The molecule has 1 aliphatic heterocycles. The van der Waals surface area contributed by atoms with E-state index in [-0.39, 0.29) is 37.1 Å². The molecule has 1 saturated heterocycles. The van der Waals surface area contributed by atoms with E-state index < -0.39 is 13.4 Å². The summed E-state index contributed by atoms with van der Waals surface area (Å²) in [5.41, 5.74) is 0. The van der Waals surface area contributed by atoms with E-state index in [0.29, 0.717) is 0 Å². The van der Waals surface area contributed by atoms with Crippen molar-refractivity contribution in [2.45, 2.75) is 18.9 Å². The molecule has 9 heavy (non-hydrogen) atoms. The summed E-state index contributed by atoms with van der Waals surface area (Å²) in [7, 11) is -3.90. The van der Waals surface area contributed by atoms with Crippen LogP contribution in [-0.4, -0.2) is 21.7 Å². The Morgan fingerprint density at radius 1 is 1.67 bits per heavy atom. The van der Waals surface area contributed by atoms with E-state index in [4.69, 9.17) is 9.79 Å². The van der Waals surface area contributed by atoms with Crippen molar-refractivity contribution in [3.63, 3.8) is 0 Å². The standard InChI is InChI=1S/C3H7O4P.Na.H/c1-2-3(7-2)8(4,5)6;;/h2-3H,1H3,(H2,4,5,6);;/q;+1;-1/t2-,3+;;/m0../s1. The first-order chi connectivity index (χ1) is 3.52. The minimum atomic E-state index is -3.90. The second-order valence-electron chi connectivity index (χ2n) is 1.82. The maximum Gasteiger partial charge on any atom is 1.00 e. The first-order valence-corrected chi connectivity index (χ1v) is 3.90. The van der Waals surface area contributed by atoms with Gasteiger partial charge in [0.2, 0.25) is 0 Å². The normalized spacial score (nSPS) is 33.2. The van der Waals surface area contributed by atoms with Crippen molar-refractivity contribution in [2.75, 3.05) is 0 Å². The van der Waals surface area contributed by atoms with Crippen molar-refractivity contribution in [3.8, 4) is 0 Å². The topological polar surface area (TPSA) is 70.1 Å². The Balaban J connectivity index is 0. The van der Waals surface area contributed by atoms with Crippen LogP contribution in [0.2, 0.25) is 0 Å². The molecule has 0 radical (unpaired) electrons. The van der Waals surface area contributed by atoms with Gasteiger partial charge in [0.05, 0.1) is 6.10 Å². The van der Waals surface area contributed by atoms with Crippen LogP contribution in [0.25, 0.3) is 0 Å². The van der Waals surface area contributed by atoms with E-state index in [9.17, 15) is 4.57 Å². The Morgan fingerprint density at radius 3 is 2.00 bits per heavy atom. The Kier molecular flexibility index (Phi) is 3.38. The summed E-state index contributed by atoms with van der Waals surface area (Å²) < 4.78 is 14.7. The predicted octanol–water partition coefficient (Wildman–Crippen LogP) is -2.97. The van der Waals surface area contributed by atoms with Gasteiger partial charge >= 0.3 is 37.2 Å². The van der Waals surface area contributed by atoms with Gasteiger partial charge in [-0.25, -0.2) is 0 Å². The zero-order chi connectivity index (χ0) is 6.36. The first-order valence-electron chi connectivity index (χ1n) is 2.22. The van der Waals surface area contributed by atoms with Gasteiger partial charge in [0.15, 0.2) is 5.85 Å². The summed E-state index contributed by atoms with van der Waals surface area (Å²) in [6, 6.07) is 0. The summed E-state index contributed by atoms with van der Waals surface area (Å²) >= 11 is 0. The van der Waals surface area contributed by atoms with Gasteiger partial charge in [-0.1, -0.05) is 0 Å². The van der Waals surface area contributed by atoms with E-state index in [2.05, 4.69) is 4.74 Å². The minimum Gasteiger partial charge on any atom is -1.00 e. The van der Waals surface area contributed by atoms with Gasteiger partial charge in [-0.3, -0.25) is 4.57 Å². The fourth-order valence-corrected chi connectivity index (χ4v) is 1.42. The zero-order valence-corrected chi connectivity index (χ0v) is 8.21. The molecule has 0 bridgehead atoms. The molecule has 1 aliphatic rings. The van der Waals surface area contributed by atoms with Gasteiger partial charge in [-0.05, 0) is 6.92 Å². The van der Waals surface area contributed by atoms with E-state index >= 15 is 0 Å². The van der Waals surface area contributed by atoms with E-state index in [1.54, 1.807) is 6.92 Å². The number of rotatable bonds is 1. The van der Waals surface area contributed by atoms with E-state index in [0.717, 1.165) is 0 Å². The third-order valence-electron chi connectivity index (χ3n) is 1.01. The summed E-state index contributed by atoms with van der Waals surface area (Å²) in [6.07, 6.45) is -0.254. The van der Waals surface area contributed by atoms with Crippen LogP contribution >= 0.6 is 7.60 Å². The second kappa shape index (κ2) is 3.01. The average molecular weight is 162 g/mol. The Bertz CT molecular complexity index is 147. The van der Waals surface area contributed by atoms with Crippen LogP contribution in [0.15, 0.2) is 0 Å². The molecule has 2 atom stereocenters. The van der Waals surface area contributed by atoms with E-state index in [1.807, 2.05) is 0 Å². The molecule has 0 saturated carbocycles. The molecule has 0 aromatic heterocycles. The smallest absolute Gasteiger partial charge is 1.00 e. The van der Waals surface area contributed by atoms with Gasteiger partial charge in [-0.15, -0.1) is 0 Å².